The van der Waals surface area contributed by atoms with Gasteiger partial charge in [0, 0.05) is 19.3 Å². The van der Waals surface area contributed by atoms with Gasteiger partial charge in [-0.1, -0.05) is 0 Å². The summed E-state index contributed by atoms with van der Waals surface area (Å²) in [6.07, 6.45) is 1.79. The zero-order valence-corrected chi connectivity index (χ0v) is 7.40. The van der Waals surface area contributed by atoms with Crippen LogP contribution in [0.25, 0.3) is 0 Å². The number of hydrogen-bond acceptors (Lipinski definition) is 4. The zero-order chi connectivity index (χ0) is 9.10. The van der Waals surface area contributed by atoms with Crippen molar-refractivity contribution in [3.63, 3.8) is 0 Å². The molecule has 4 heteroatoms. The lowest BCUT2D eigenvalue weighted by Crippen LogP contribution is -2.40. The smallest absolute Gasteiger partial charge is 0.0775 e. The molecule has 0 atom stereocenters. The average molecular weight is 179 g/mol. The highest BCUT2D eigenvalue weighted by molar-refractivity contribution is 5.51. The van der Waals surface area contributed by atoms with Crippen molar-refractivity contribution in [2.45, 2.75) is 6.54 Å². The van der Waals surface area contributed by atoms with E-state index in [2.05, 4.69) is 15.2 Å². The first-order valence-corrected chi connectivity index (χ1v) is 4.42. The highest BCUT2D eigenvalue weighted by atomic mass is 16.3. The van der Waals surface area contributed by atoms with E-state index in [0.29, 0.717) is 6.54 Å². The lowest BCUT2D eigenvalue weighted by molar-refractivity contribution is 0.299. The Balaban J connectivity index is 2.26. The monoisotopic (exact) mass is 179 g/mol. The first kappa shape index (κ1) is 8.47. The predicted octanol–water partition coefficient (Wildman–Crippen LogP) is -0.0590. The quantitative estimate of drug-likeness (QED) is 0.668. The van der Waals surface area contributed by atoms with Gasteiger partial charge in [0.15, 0.2) is 0 Å². The van der Waals surface area contributed by atoms with Gasteiger partial charge in [0.1, 0.15) is 0 Å². The van der Waals surface area contributed by atoms with Crippen molar-refractivity contribution < 1.29 is 5.11 Å². The molecule has 0 saturated carbocycles. The molecule has 70 valence electrons. The second-order valence-electron chi connectivity index (χ2n) is 3.04. The van der Waals surface area contributed by atoms with E-state index in [0.717, 1.165) is 24.6 Å². The number of rotatable bonds is 2. The van der Waals surface area contributed by atoms with Crippen LogP contribution in [-0.4, -0.2) is 29.9 Å². The minimum Gasteiger partial charge on any atom is -0.395 e. The van der Waals surface area contributed by atoms with Gasteiger partial charge in [0.05, 0.1) is 24.7 Å². The van der Waals surface area contributed by atoms with E-state index >= 15 is 0 Å². The molecule has 0 bridgehead atoms. The third-order valence-corrected chi connectivity index (χ3v) is 2.17. The molecule has 1 aromatic rings. The maximum atomic E-state index is 8.85. The molecule has 0 fully saturated rings. The Bertz CT molecular complexity index is 290. The van der Waals surface area contributed by atoms with Crippen LogP contribution < -0.4 is 10.2 Å². The minimum atomic E-state index is 0.177. The fourth-order valence-electron chi connectivity index (χ4n) is 1.57. The van der Waals surface area contributed by atoms with Gasteiger partial charge in [0.25, 0.3) is 0 Å². The Hall–Kier alpha value is -1.13. The molecule has 1 aromatic heterocycles. The molecule has 1 aliphatic rings. The molecule has 0 aliphatic carbocycles. The molecule has 2 rings (SSSR count). The summed E-state index contributed by atoms with van der Waals surface area (Å²) >= 11 is 0. The van der Waals surface area contributed by atoms with Gasteiger partial charge >= 0.3 is 0 Å². The number of nitrogens with zero attached hydrogens (tertiary/aromatic N) is 2. The normalized spacial score (nSPS) is 15.6. The molecule has 0 spiro atoms. The molecule has 2 N–H and O–H groups in total. The van der Waals surface area contributed by atoms with Crippen LogP contribution in [0.1, 0.15) is 5.69 Å². The second-order valence-corrected chi connectivity index (χ2v) is 3.04. The third-order valence-electron chi connectivity index (χ3n) is 2.17. The summed E-state index contributed by atoms with van der Waals surface area (Å²) in [7, 11) is 0. The maximum absolute atomic E-state index is 8.85. The number of aliphatic hydroxyl groups is 1. The van der Waals surface area contributed by atoms with Crippen LogP contribution in [0.15, 0.2) is 18.3 Å². The Morgan fingerprint density at radius 1 is 1.62 bits per heavy atom. The molecule has 2 heterocycles. The van der Waals surface area contributed by atoms with E-state index in [1.54, 1.807) is 6.20 Å². The third kappa shape index (κ3) is 1.64. The second kappa shape index (κ2) is 3.72. The highest BCUT2D eigenvalue weighted by Gasteiger charge is 2.15. The molecule has 0 saturated heterocycles. The summed E-state index contributed by atoms with van der Waals surface area (Å²) in [5.41, 5.74) is 2.19. The van der Waals surface area contributed by atoms with E-state index in [1.165, 1.54) is 0 Å². The summed E-state index contributed by atoms with van der Waals surface area (Å²) in [5, 5.41) is 12.1. The molecule has 4 nitrogen and oxygen atoms in total. The Morgan fingerprint density at radius 3 is 3.38 bits per heavy atom. The van der Waals surface area contributed by atoms with Crippen molar-refractivity contribution in [3.8, 4) is 0 Å². The van der Waals surface area contributed by atoms with E-state index in [4.69, 9.17) is 5.11 Å². The van der Waals surface area contributed by atoms with Crippen LogP contribution in [0, 0.1) is 0 Å². The topological polar surface area (TPSA) is 48.4 Å². The zero-order valence-electron chi connectivity index (χ0n) is 7.40. The van der Waals surface area contributed by atoms with Crippen LogP contribution in [0.2, 0.25) is 0 Å². The minimum absolute atomic E-state index is 0.177. The average Bonchev–Trinajstić information content (AvgIpc) is 2.19. The SMILES string of the molecule is OCCN1CNCc2ncccc21. The van der Waals surface area contributed by atoms with E-state index in [1.807, 2.05) is 12.1 Å². The standard InChI is InChI=1S/C9H13N3O/c13-5-4-12-7-10-6-8-9(12)2-1-3-11-8/h1-3,10,13H,4-7H2. The summed E-state index contributed by atoms with van der Waals surface area (Å²) in [5.74, 6) is 0. The first-order valence-electron chi connectivity index (χ1n) is 4.42. The molecule has 0 unspecified atom stereocenters. The summed E-state index contributed by atoms with van der Waals surface area (Å²) in [6.45, 7) is 2.44. The van der Waals surface area contributed by atoms with Crippen molar-refractivity contribution >= 4 is 5.69 Å². The largest absolute Gasteiger partial charge is 0.395 e. The van der Waals surface area contributed by atoms with Gasteiger partial charge in [-0.15, -0.1) is 0 Å². The van der Waals surface area contributed by atoms with Crippen molar-refractivity contribution in [2.24, 2.45) is 0 Å². The number of pyridine rings is 1. The van der Waals surface area contributed by atoms with E-state index in [-0.39, 0.29) is 6.61 Å². The van der Waals surface area contributed by atoms with Gasteiger partial charge < -0.3 is 10.0 Å². The fraction of sp³-hybridized carbons (Fsp3) is 0.444. The van der Waals surface area contributed by atoms with Crippen molar-refractivity contribution in [1.82, 2.24) is 10.3 Å². The molecular formula is C9H13N3O. The number of hydrogen-bond donors (Lipinski definition) is 2. The summed E-state index contributed by atoms with van der Waals surface area (Å²) in [4.78, 5) is 6.36. The first-order chi connectivity index (χ1) is 6.42. The van der Waals surface area contributed by atoms with Crippen LogP contribution in [0.5, 0.6) is 0 Å². The predicted molar refractivity (Wildman–Crippen MR) is 50.4 cm³/mol. The molecule has 0 aromatic carbocycles. The summed E-state index contributed by atoms with van der Waals surface area (Å²) in [6, 6.07) is 3.97. The number of aromatic nitrogens is 1. The summed E-state index contributed by atoms with van der Waals surface area (Å²) < 4.78 is 0. The highest BCUT2D eigenvalue weighted by Crippen LogP contribution is 2.19. The van der Waals surface area contributed by atoms with Gasteiger partial charge in [-0.2, -0.15) is 0 Å². The van der Waals surface area contributed by atoms with Crippen LogP contribution in [-0.2, 0) is 6.54 Å². The molecular weight excluding hydrogens is 166 g/mol. The Morgan fingerprint density at radius 2 is 2.54 bits per heavy atom. The van der Waals surface area contributed by atoms with Crippen LogP contribution in [0.3, 0.4) is 0 Å². The van der Waals surface area contributed by atoms with Gasteiger partial charge in [-0.25, -0.2) is 0 Å². The Labute approximate surface area is 77.2 Å². The number of nitrogens with one attached hydrogen (secondary N) is 1. The molecule has 0 amide bonds. The van der Waals surface area contributed by atoms with Crippen LogP contribution in [0.4, 0.5) is 5.69 Å². The van der Waals surface area contributed by atoms with Gasteiger partial charge in [0.2, 0.25) is 0 Å². The number of β-amino-alcohol motifs (C(OH)–C–C–N with tert-alkyl or cyclic N) is 1. The lowest BCUT2D eigenvalue weighted by Gasteiger charge is -2.30. The van der Waals surface area contributed by atoms with Crippen molar-refractivity contribution in [3.05, 3.63) is 24.0 Å². The molecule has 1 aliphatic heterocycles. The van der Waals surface area contributed by atoms with E-state index < -0.39 is 0 Å². The van der Waals surface area contributed by atoms with Gasteiger partial charge in [-0.05, 0) is 12.1 Å². The van der Waals surface area contributed by atoms with Crippen LogP contribution >= 0.6 is 0 Å². The maximum Gasteiger partial charge on any atom is 0.0775 e. The fourth-order valence-corrected chi connectivity index (χ4v) is 1.57. The van der Waals surface area contributed by atoms with Crippen molar-refractivity contribution in [1.29, 1.82) is 0 Å². The molecule has 0 radical (unpaired) electrons. The lowest BCUT2D eigenvalue weighted by atomic mass is 10.2. The molecule has 13 heavy (non-hydrogen) atoms. The van der Waals surface area contributed by atoms with Gasteiger partial charge in [-0.3, -0.25) is 10.3 Å². The number of aliphatic hydroxyl groups excluding tert-OH is 1. The number of anilines is 1. The van der Waals surface area contributed by atoms with E-state index in [9.17, 15) is 0 Å². The Kier molecular flexibility index (Phi) is 2.42. The van der Waals surface area contributed by atoms with Crippen molar-refractivity contribution in [2.75, 3.05) is 24.7 Å². The number of fused-ring (bicyclic) bond motifs is 1.